The largest absolute Gasteiger partial charge is 0.324 e. The van der Waals surface area contributed by atoms with Gasteiger partial charge in [0.25, 0.3) is 0 Å². The van der Waals surface area contributed by atoms with Crippen LogP contribution in [0.5, 0.6) is 0 Å². The van der Waals surface area contributed by atoms with Crippen molar-refractivity contribution in [1.29, 1.82) is 0 Å². The summed E-state index contributed by atoms with van der Waals surface area (Å²) in [5, 5.41) is 0. The first-order valence-electron chi connectivity index (χ1n) is 6.15. The molecule has 5 nitrogen and oxygen atoms in total. The van der Waals surface area contributed by atoms with Gasteiger partial charge in [0.2, 0.25) is 10.0 Å². The zero-order chi connectivity index (χ0) is 15.6. The van der Waals surface area contributed by atoms with Gasteiger partial charge in [0.1, 0.15) is 0 Å². The highest BCUT2D eigenvalue weighted by Gasteiger charge is 2.20. The van der Waals surface area contributed by atoms with E-state index in [0.29, 0.717) is 21.2 Å². The summed E-state index contributed by atoms with van der Waals surface area (Å²) in [4.78, 5) is 1.14. The lowest BCUT2D eigenvalue weighted by atomic mass is 10.1. The van der Waals surface area contributed by atoms with Crippen LogP contribution < -0.4 is 16.0 Å². The molecule has 2 rings (SSSR count). The number of benzene rings is 1. The molecule has 0 fully saturated rings. The smallest absolute Gasteiger partial charge is 0.241 e. The molecule has 1 aromatic carbocycles. The van der Waals surface area contributed by atoms with Gasteiger partial charge in [-0.1, -0.05) is 11.6 Å². The number of halogens is 1. The van der Waals surface area contributed by atoms with Crippen molar-refractivity contribution in [1.82, 2.24) is 4.72 Å². The van der Waals surface area contributed by atoms with Gasteiger partial charge in [-0.3, -0.25) is 5.84 Å². The molecule has 0 aliphatic heterocycles. The van der Waals surface area contributed by atoms with Crippen molar-refractivity contribution >= 4 is 38.6 Å². The Morgan fingerprint density at radius 3 is 2.33 bits per heavy atom. The van der Waals surface area contributed by atoms with Crippen LogP contribution in [-0.4, -0.2) is 8.42 Å². The Hall–Kier alpha value is -1.12. The van der Waals surface area contributed by atoms with Gasteiger partial charge in [-0.15, -0.1) is 11.3 Å². The summed E-state index contributed by atoms with van der Waals surface area (Å²) in [6, 6.07) is 6.94. The molecule has 0 atom stereocenters. The van der Waals surface area contributed by atoms with E-state index < -0.39 is 10.0 Å². The zero-order valence-corrected chi connectivity index (χ0v) is 14.0. The number of rotatable bonds is 5. The van der Waals surface area contributed by atoms with Crippen molar-refractivity contribution in [2.45, 2.75) is 25.3 Å². The molecule has 0 amide bonds. The first-order chi connectivity index (χ1) is 9.83. The number of anilines is 1. The molecule has 4 N–H and O–H groups in total. The van der Waals surface area contributed by atoms with Gasteiger partial charge in [0, 0.05) is 17.1 Å². The Morgan fingerprint density at radius 2 is 1.86 bits per heavy atom. The number of nitrogen functional groups attached to an aromatic ring is 1. The molecule has 21 heavy (non-hydrogen) atoms. The number of hydrogen-bond acceptors (Lipinski definition) is 5. The SMILES string of the molecule is Cc1cc(NN)cc(C)c1S(=O)(=O)NCc1ccc(Cl)s1. The third kappa shape index (κ3) is 3.75. The predicted molar refractivity (Wildman–Crippen MR) is 87.1 cm³/mol. The number of sulfonamides is 1. The number of nitrogens with two attached hydrogens (primary N) is 1. The van der Waals surface area contributed by atoms with Crippen LogP contribution in [-0.2, 0) is 16.6 Å². The van der Waals surface area contributed by atoms with Crippen molar-refractivity contribution in [2.75, 3.05) is 5.43 Å². The standard InChI is InChI=1S/C13H16ClN3O2S2/c1-8-5-10(17-15)6-9(2)13(8)21(18,19)16-7-11-3-4-12(14)20-11/h3-6,16-17H,7,15H2,1-2H3. The summed E-state index contributed by atoms with van der Waals surface area (Å²) in [6.07, 6.45) is 0. The molecule has 0 saturated heterocycles. The van der Waals surface area contributed by atoms with Gasteiger partial charge in [0.15, 0.2) is 0 Å². The topological polar surface area (TPSA) is 84.2 Å². The summed E-state index contributed by atoms with van der Waals surface area (Å²) in [5.74, 6) is 5.36. The Balaban J connectivity index is 2.27. The van der Waals surface area contributed by atoms with E-state index in [2.05, 4.69) is 10.1 Å². The van der Waals surface area contributed by atoms with Gasteiger partial charge < -0.3 is 5.43 Å². The molecule has 2 aromatic rings. The second-order valence-electron chi connectivity index (χ2n) is 4.61. The number of thiophene rings is 1. The van der Waals surface area contributed by atoms with Crippen LogP contribution >= 0.6 is 22.9 Å². The summed E-state index contributed by atoms with van der Waals surface area (Å²) in [7, 11) is -3.59. The average molecular weight is 346 g/mol. The lowest BCUT2D eigenvalue weighted by Crippen LogP contribution is -2.24. The van der Waals surface area contributed by atoms with E-state index >= 15 is 0 Å². The van der Waals surface area contributed by atoms with E-state index in [0.717, 1.165) is 4.88 Å². The summed E-state index contributed by atoms with van der Waals surface area (Å²) < 4.78 is 28.2. The fourth-order valence-electron chi connectivity index (χ4n) is 2.14. The monoisotopic (exact) mass is 345 g/mol. The minimum atomic E-state index is -3.59. The molecule has 0 unspecified atom stereocenters. The van der Waals surface area contributed by atoms with Crippen LogP contribution in [0, 0.1) is 13.8 Å². The zero-order valence-electron chi connectivity index (χ0n) is 11.6. The molecular formula is C13H16ClN3O2S2. The second-order valence-corrected chi connectivity index (χ2v) is 8.12. The van der Waals surface area contributed by atoms with Crippen molar-refractivity contribution in [2.24, 2.45) is 5.84 Å². The van der Waals surface area contributed by atoms with Crippen molar-refractivity contribution in [3.8, 4) is 0 Å². The van der Waals surface area contributed by atoms with E-state index in [1.165, 1.54) is 11.3 Å². The Labute approximate surface area is 133 Å². The number of nitrogens with one attached hydrogen (secondary N) is 2. The minimum absolute atomic E-state index is 0.218. The Morgan fingerprint density at radius 1 is 1.24 bits per heavy atom. The average Bonchev–Trinajstić information content (AvgIpc) is 2.81. The maximum atomic E-state index is 12.5. The molecular weight excluding hydrogens is 330 g/mol. The predicted octanol–water partition coefficient (Wildman–Crippen LogP) is 2.78. The molecule has 0 bridgehead atoms. The van der Waals surface area contributed by atoms with Gasteiger partial charge in [0.05, 0.1) is 9.23 Å². The molecule has 0 saturated carbocycles. The molecule has 8 heteroatoms. The summed E-state index contributed by atoms with van der Waals surface area (Å²) in [5.41, 5.74) is 4.47. The first kappa shape index (κ1) is 16.3. The van der Waals surface area contributed by atoms with Gasteiger partial charge in [-0.05, 0) is 49.2 Å². The summed E-state index contributed by atoms with van der Waals surface area (Å²) >= 11 is 7.18. The van der Waals surface area contributed by atoms with Crippen molar-refractivity contribution in [3.05, 3.63) is 44.6 Å². The van der Waals surface area contributed by atoms with Crippen LogP contribution in [0.2, 0.25) is 4.34 Å². The lowest BCUT2D eigenvalue weighted by Gasteiger charge is -2.13. The molecule has 1 heterocycles. The quantitative estimate of drug-likeness (QED) is 0.574. The first-order valence-corrected chi connectivity index (χ1v) is 8.83. The minimum Gasteiger partial charge on any atom is -0.324 e. The van der Waals surface area contributed by atoms with Crippen LogP contribution in [0.25, 0.3) is 0 Å². The maximum Gasteiger partial charge on any atom is 0.241 e. The highest BCUT2D eigenvalue weighted by atomic mass is 35.5. The normalized spacial score (nSPS) is 11.6. The van der Waals surface area contributed by atoms with Crippen LogP contribution in [0.15, 0.2) is 29.2 Å². The molecule has 0 radical (unpaired) electrons. The highest BCUT2D eigenvalue weighted by Crippen LogP contribution is 2.25. The fourth-order valence-corrected chi connectivity index (χ4v) is 4.72. The molecule has 0 aliphatic rings. The van der Waals surface area contributed by atoms with E-state index in [1.807, 2.05) is 0 Å². The van der Waals surface area contributed by atoms with Crippen LogP contribution in [0.3, 0.4) is 0 Å². The fraction of sp³-hybridized carbons (Fsp3) is 0.231. The number of hydrazine groups is 1. The summed E-state index contributed by atoms with van der Waals surface area (Å²) in [6.45, 7) is 3.70. The lowest BCUT2D eigenvalue weighted by molar-refractivity contribution is 0.580. The van der Waals surface area contributed by atoms with Crippen molar-refractivity contribution in [3.63, 3.8) is 0 Å². The second kappa shape index (κ2) is 6.33. The Bertz CT molecular complexity index is 734. The van der Waals surface area contributed by atoms with Crippen LogP contribution in [0.1, 0.15) is 16.0 Å². The third-order valence-electron chi connectivity index (χ3n) is 2.96. The van der Waals surface area contributed by atoms with E-state index in [4.69, 9.17) is 17.4 Å². The van der Waals surface area contributed by atoms with E-state index in [-0.39, 0.29) is 11.4 Å². The maximum absolute atomic E-state index is 12.5. The van der Waals surface area contributed by atoms with Crippen LogP contribution in [0.4, 0.5) is 5.69 Å². The number of hydrogen-bond donors (Lipinski definition) is 3. The van der Waals surface area contributed by atoms with Gasteiger partial charge >= 0.3 is 0 Å². The number of aryl methyl sites for hydroxylation is 2. The van der Waals surface area contributed by atoms with Crippen molar-refractivity contribution < 1.29 is 8.42 Å². The molecule has 114 valence electrons. The van der Waals surface area contributed by atoms with E-state index in [1.54, 1.807) is 38.1 Å². The molecule has 0 spiro atoms. The highest BCUT2D eigenvalue weighted by molar-refractivity contribution is 7.89. The van der Waals surface area contributed by atoms with Gasteiger partial charge in [-0.2, -0.15) is 0 Å². The van der Waals surface area contributed by atoms with Gasteiger partial charge in [-0.25, -0.2) is 13.1 Å². The third-order valence-corrected chi connectivity index (χ3v) is 5.90. The molecule has 1 aromatic heterocycles. The van der Waals surface area contributed by atoms with E-state index in [9.17, 15) is 8.42 Å². The Kier molecular flexibility index (Phi) is 4.90. The molecule has 0 aliphatic carbocycles.